The molecule has 18 heavy (non-hydrogen) atoms. The maximum Gasteiger partial charge on any atom is 0.0320 e. The monoisotopic (exact) mass is 246 g/mol. The number of hydrogen-bond acceptors (Lipinski definition) is 2. The molecule has 1 aliphatic heterocycles. The summed E-state index contributed by atoms with van der Waals surface area (Å²) < 4.78 is 0. The maximum atomic E-state index is 5.97. The highest BCUT2D eigenvalue weighted by Crippen LogP contribution is 2.26. The lowest BCUT2D eigenvalue weighted by atomic mass is 9.96. The van der Waals surface area contributed by atoms with E-state index in [1.54, 1.807) is 0 Å². The molecule has 1 fully saturated rings. The van der Waals surface area contributed by atoms with Gasteiger partial charge in [-0.2, -0.15) is 0 Å². The smallest absolute Gasteiger partial charge is 0.0320 e. The first-order valence-corrected chi connectivity index (χ1v) is 7.17. The molecule has 100 valence electrons. The molecule has 2 rings (SSSR count). The molecule has 1 saturated heterocycles. The van der Waals surface area contributed by atoms with Crippen molar-refractivity contribution in [1.29, 1.82) is 0 Å². The molecule has 0 saturated carbocycles. The number of likely N-dealkylation sites (tertiary alicyclic amines) is 1. The van der Waals surface area contributed by atoms with Crippen LogP contribution in [-0.2, 0) is 0 Å². The predicted octanol–water partition coefficient (Wildman–Crippen LogP) is 3.29. The third-order valence-corrected chi connectivity index (χ3v) is 4.18. The van der Waals surface area contributed by atoms with Gasteiger partial charge in [-0.25, -0.2) is 0 Å². The van der Waals surface area contributed by atoms with Gasteiger partial charge >= 0.3 is 0 Å². The first kappa shape index (κ1) is 13.6. The van der Waals surface area contributed by atoms with Crippen LogP contribution in [0.1, 0.15) is 56.7 Å². The third-order valence-electron chi connectivity index (χ3n) is 4.18. The molecule has 1 aromatic rings. The molecule has 2 heteroatoms. The molecular formula is C16H26N2. The van der Waals surface area contributed by atoms with Gasteiger partial charge in [-0.3, -0.25) is 4.90 Å². The first-order chi connectivity index (χ1) is 8.58. The minimum atomic E-state index is 0.412. The summed E-state index contributed by atoms with van der Waals surface area (Å²) in [7, 11) is 0. The lowest BCUT2D eigenvalue weighted by Crippen LogP contribution is -2.40. The van der Waals surface area contributed by atoms with Crippen molar-refractivity contribution in [2.45, 2.75) is 51.6 Å². The zero-order valence-corrected chi connectivity index (χ0v) is 11.9. The Morgan fingerprint density at radius 2 is 1.72 bits per heavy atom. The lowest BCUT2D eigenvalue weighted by molar-refractivity contribution is 0.163. The van der Waals surface area contributed by atoms with Crippen LogP contribution in [-0.4, -0.2) is 24.0 Å². The van der Waals surface area contributed by atoms with Crippen molar-refractivity contribution in [2.24, 2.45) is 5.73 Å². The molecule has 1 atom stereocenters. The second-order valence-electron chi connectivity index (χ2n) is 5.87. The van der Waals surface area contributed by atoms with Crippen molar-refractivity contribution in [3.05, 3.63) is 35.4 Å². The molecule has 0 radical (unpaired) electrons. The molecular weight excluding hydrogens is 220 g/mol. The van der Waals surface area contributed by atoms with Crippen LogP contribution >= 0.6 is 0 Å². The van der Waals surface area contributed by atoms with E-state index in [4.69, 9.17) is 5.73 Å². The van der Waals surface area contributed by atoms with E-state index in [-0.39, 0.29) is 0 Å². The molecule has 2 N–H and O–H groups in total. The molecule has 0 aromatic heterocycles. The first-order valence-electron chi connectivity index (χ1n) is 7.17. The van der Waals surface area contributed by atoms with Gasteiger partial charge in [0.2, 0.25) is 0 Å². The quantitative estimate of drug-likeness (QED) is 0.886. The zero-order chi connectivity index (χ0) is 13.1. The standard InChI is InChI=1S/C16H26N2/c1-12(2)14-5-4-6-15(11-14)13(3)18-9-7-16(17)8-10-18/h4-6,11-13,16H,7-10,17H2,1-3H3. The summed E-state index contributed by atoms with van der Waals surface area (Å²) >= 11 is 0. The summed E-state index contributed by atoms with van der Waals surface area (Å²) in [6.07, 6.45) is 2.27. The fraction of sp³-hybridized carbons (Fsp3) is 0.625. The highest BCUT2D eigenvalue weighted by Gasteiger charge is 2.21. The Bertz CT molecular complexity index is 378. The van der Waals surface area contributed by atoms with Crippen molar-refractivity contribution in [3.8, 4) is 0 Å². The van der Waals surface area contributed by atoms with Crippen LogP contribution in [0.2, 0.25) is 0 Å². The molecule has 0 bridgehead atoms. The zero-order valence-electron chi connectivity index (χ0n) is 11.9. The largest absolute Gasteiger partial charge is 0.328 e. The number of benzene rings is 1. The summed E-state index contributed by atoms with van der Waals surface area (Å²) in [6.45, 7) is 9.09. The minimum Gasteiger partial charge on any atom is -0.328 e. The number of nitrogens with two attached hydrogens (primary N) is 1. The molecule has 1 aromatic carbocycles. The van der Waals surface area contributed by atoms with Gasteiger partial charge in [0.1, 0.15) is 0 Å². The van der Waals surface area contributed by atoms with E-state index in [0.29, 0.717) is 18.0 Å². The summed E-state index contributed by atoms with van der Waals surface area (Å²) in [5.74, 6) is 0.604. The Labute approximate surface area is 111 Å². The van der Waals surface area contributed by atoms with Crippen molar-refractivity contribution in [1.82, 2.24) is 4.90 Å². The van der Waals surface area contributed by atoms with Gasteiger partial charge in [0.25, 0.3) is 0 Å². The highest BCUT2D eigenvalue weighted by molar-refractivity contribution is 5.27. The van der Waals surface area contributed by atoms with Crippen molar-refractivity contribution in [3.63, 3.8) is 0 Å². The molecule has 1 heterocycles. The number of hydrogen-bond donors (Lipinski definition) is 1. The summed E-state index contributed by atoms with van der Waals surface area (Å²) in [5, 5.41) is 0. The number of nitrogens with zero attached hydrogens (tertiary/aromatic N) is 1. The Balaban J connectivity index is 2.08. The Hall–Kier alpha value is -0.860. The topological polar surface area (TPSA) is 29.3 Å². The highest BCUT2D eigenvalue weighted by atomic mass is 15.2. The van der Waals surface area contributed by atoms with Crippen LogP contribution < -0.4 is 5.73 Å². The Kier molecular flexibility index (Phi) is 4.41. The van der Waals surface area contributed by atoms with Gasteiger partial charge in [0, 0.05) is 25.2 Å². The summed E-state index contributed by atoms with van der Waals surface area (Å²) in [6, 6.07) is 9.96. The van der Waals surface area contributed by atoms with E-state index in [0.717, 1.165) is 25.9 Å². The van der Waals surface area contributed by atoms with E-state index in [9.17, 15) is 0 Å². The van der Waals surface area contributed by atoms with Crippen LogP contribution in [0.5, 0.6) is 0 Å². The Morgan fingerprint density at radius 1 is 1.11 bits per heavy atom. The maximum absolute atomic E-state index is 5.97. The second kappa shape index (κ2) is 5.85. The molecule has 1 aliphatic rings. The van der Waals surface area contributed by atoms with E-state index in [2.05, 4.69) is 49.9 Å². The predicted molar refractivity (Wildman–Crippen MR) is 77.7 cm³/mol. The summed E-state index contributed by atoms with van der Waals surface area (Å²) in [4.78, 5) is 2.56. The van der Waals surface area contributed by atoms with Gasteiger partial charge in [0.05, 0.1) is 0 Å². The molecule has 0 amide bonds. The van der Waals surface area contributed by atoms with E-state index in [1.165, 1.54) is 11.1 Å². The normalized spacial score (nSPS) is 20.3. The molecule has 2 nitrogen and oxygen atoms in total. The molecule has 1 unspecified atom stereocenters. The van der Waals surface area contributed by atoms with Crippen LogP contribution in [0.4, 0.5) is 0 Å². The fourth-order valence-corrected chi connectivity index (χ4v) is 2.70. The van der Waals surface area contributed by atoms with Crippen LogP contribution in [0.15, 0.2) is 24.3 Å². The van der Waals surface area contributed by atoms with Crippen LogP contribution in [0.3, 0.4) is 0 Å². The van der Waals surface area contributed by atoms with Gasteiger partial charge in [-0.1, -0.05) is 38.1 Å². The third kappa shape index (κ3) is 3.12. The number of rotatable bonds is 3. The van der Waals surface area contributed by atoms with E-state index in [1.807, 2.05) is 0 Å². The van der Waals surface area contributed by atoms with Gasteiger partial charge in [-0.05, 0) is 36.8 Å². The average molecular weight is 246 g/mol. The average Bonchev–Trinajstić information content (AvgIpc) is 2.39. The SMILES string of the molecule is CC(C)c1cccc(C(C)N2CCC(N)CC2)c1. The fourth-order valence-electron chi connectivity index (χ4n) is 2.70. The van der Waals surface area contributed by atoms with E-state index >= 15 is 0 Å². The number of piperidine rings is 1. The van der Waals surface area contributed by atoms with Gasteiger partial charge in [0.15, 0.2) is 0 Å². The van der Waals surface area contributed by atoms with Crippen LogP contribution in [0.25, 0.3) is 0 Å². The van der Waals surface area contributed by atoms with Gasteiger partial charge in [-0.15, -0.1) is 0 Å². The lowest BCUT2D eigenvalue weighted by Gasteiger charge is -2.35. The van der Waals surface area contributed by atoms with Gasteiger partial charge < -0.3 is 5.73 Å². The Morgan fingerprint density at radius 3 is 2.33 bits per heavy atom. The molecule has 0 spiro atoms. The van der Waals surface area contributed by atoms with Crippen LogP contribution in [0, 0.1) is 0 Å². The van der Waals surface area contributed by atoms with Crippen molar-refractivity contribution >= 4 is 0 Å². The minimum absolute atomic E-state index is 0.412. The van der Waals surface area contributed by atoms with E-state index < -0.39 is 0 Å². The second-order valence-corrected chi connectivity index (χ2v) is 5.87. The van der Waals surface area contributed by atoms with Crippen molar-refractivity contribution in [2.75, 3.05) is 13.1 Å². The van der Waals surface area contributed by atoms with Crippen molar-refractivity contribution < 1.29 is 0 Å². The molecule has 0 aliphatic carbocycles. The summed E-state index contributed by atoms with van der Waals surface area (Å²) in [5.41, 5.74) is 8.85.